The molecule has 0 saturated carbocycles. The van der Waals surface area contributed by atoms with E-state index in [1.807, 2.05) is 31.2 Å². The molecule has 0 bridgehead atoms. The fourth-order valence-electron chi connectivity index (χ4n) is 3.19. The van der Waals surface area contributed by atoms with Crippen molar-refractivity contribution in [3.63, 3.8) is 0 Å². The second-order valence-corrected chi connectivity index (χ2v) is 7.56. The molecule has 27 heavy (non-hydrogen) atoms. The molecule has 0 aliphatic rings. The Balaban J connectivity index is 1.86. The molecule has 0 aliphatic carbocycles. The smallest absolute Gasteiger partial charge is 0.143 e. The number of thiophene rings is 1. The van der Waals surface area contributed by atoms with Crippen LogP contribution < -0.4 is 10.1 Å². The molecule has 1 N–H and O–H groups in total. The van der Waals surface area contributed by atoms with Crippen molar-refractivity contribution >= 4 is 33.1 Å². The molecule has 0 radical (unpaired) electrons. The van der Waals surface area contributed by atoms with Crippen LogP contribution >= 0.6 is 11.3 Å². The molecule has 136 valence electrons. The van der Waals surface area contributed by atoms with E-state index in [0.29, 0.717) is 6.61 Å². The maximum absolute atomic E-state index is 5.75. The molecular formula is C22H21N3OS. The van der Waals surface area contributed by atoms with Gasteiger partial charge in [0.25, 0.3) is 0 Å². The Bertz CT molecular complexity index is 1090. The summed E-state index contributed by atoms with van der Waals surface area (Å²) in [5.41, 5.74) is 4.52. The highest BCUT2D eigenvalue weighted by molar-refractivity contribution is 7.19. The van der Waals surface area contributed by atoms with Gasteiger partial charge in [-0.25, -0.2) is 9.97 Å². The summed E-state index contributed by atoms with van der Waals surface area (Å²) in [5.74, 6) is 1.61. The van der Waals surface area contributed by atoms with Crippen LogP contribution in [0.1, 0.15) is 17.4 Å². The van der Waals surface area contributed by atoms with Gasteiger partial charge in [0.05, 0.1) is 17.7 Å². The van der Waals surface area contributed by atoms with Gasteiger partial charge in [-0.1, -0.05) is 42.0 Å². The van der Waals surface area contributed by atoms with Gasteiger partial charge in [0.1, 0.15) is 22.7 Å². The minimum atomic E-state index is 0.615. The summed E-state index contributed by atoms with van der Waals surface area (Å²) in [4.78, 5) is 11.3. The first kappa shape index (κ1) is 17.5. The van der Waals surface area contributed by atoms with Crippen molar-refractivity contribution in [2.24, 2.45) is 0 Å². The zero-order valence-electron chi connectivity index (χ0n) is 15.6. The minimum absolute atomic E-state index is 0.615. The SMILES string of the molecule is CCOc1ccccc1Nc1ncnc2sc(C)c(-c3ccc(C)cc3)c12. The van der Waals surface area contributed by atoms with Crippen LogP contribution in [0, 0.1) is 13.8 Å². The number of para-hydroxylation sites is 2. The second kappa shape index (κ2) is 7.37. The van der Waals surface area contributed by atoms with Crippen molar-refractivity contribution < 1.29 is 4.74 Å². The number of aryl methyl sites for hydroxylation is 2. The van der Waals surface area contributed by atoms with Crippen molar-refractivity contribution in [2.45, 2.75) is 20.8 Å². The lowest BCUT2D eigenvalue weighted by molar-refractivity contribution is 0.342. The lowest BCUT2D eigenvalue weighted by Gasteiger charge is -2.13. The van der Waals surface area contributed by atoms with Gasteiger partial charge in [-0.2, -0.15) is 0 Å². The topological polar surface area (TPSA) is 47.0 Å². The van der Waals surface area contributed by atoms with Crippen LogP contribution in [0.25, 0.3) is 21.3 Å². The lowest BCUT2D eigenvalue weighted by Crippen LogP contribution is -2.00. The Morgan fingerprint density at radius 3 is 2.56 bits per heavy atom. The number of hydrogen-bond acceptors (Lipinski definition) is 5. The number of benzene rings is 2. The maximum Gasteiger partial charge on any atom is 0.143 e. The molecule has 0 unspecified atom stereocenters. The van der Waals surface area contributed by atoms with Crippen LogP contribution in [0.5, 0.6) is 5.75 Å². The minimum Gasteiger partial charge on any atom is -0.492 e. The van der Waals surface area contributed by atoms with Crippen molar-refractivity contribution in [1.29, 1.82) is 0 Å². The monoisotopic (exact) mass is 375 g/mol. The fourth-order valence-corrected chi connectivity index (χ4v) is 4.20. The Hall–Kier alpha value is -2.92. The molecule has 5 heteroatoms. The van der Waals surface area contributed by atoms with Crippen LogP contribution in [-0.4, -0.2) is 16.6 Å². The number of ether oxygens (including phenoxy) is 1. The number of fused-ring (bicyclic) bond motifs is 1. The largest absolute Gasteiger partial charge is 0.492 e. The van der Waals surface area contributed by atoms with Gasteiger partial charge >= 0.3 is 0 Å². The highest BCUT2D eigenvalue weighted by Gasteiger charge is 2.17. The third-order valence-corrected chi connectivity index (χ3v) is 5.46. The summed E-state index contributed by atoms with van der Waals surface area (Å²) in [6, 6.07) is 16.5. The Labute approximate surface area is 162 Å². The molecule has 0 aliphatic heterocycles. The molecule has 0 atom stereocenters. The summed E-state index contributed by atoms with van der Waals surface area (Å²) in [5, 5.41) is 4.52. The molecule has 2 heterocycles. The molecule has 0 amide bonds. The van der Waals surface area contributed by atoms with E-state index in [1.54, 1.807) is 17.7 Å². The van der Waals surface area contributed by atoms with E-state index in [2.05, 4.69) is 53.4 Å². The maximum atomic E-state index is 5.75. The molecule has 0 saturated heterocycles. The molecule has 2 aromatic heterocycles. The molecular weight excluding hydrogens is 354 g/mol. The number of aromatic nitrogens is 2. The fraction of sp³-hybridized carbons (Fsp3) is 0.182. The average molecular weight is 375 g/mol. The highest BCUT2D eigenvalue weighted by atomic mass is 32.1. The van der Waals surface area contributed by atoms with Crippen LogP contribution in [-0.2, 0) is 0 Å². The van der Waals surface area contributed by atoms with Crippen molar-refractivity contribution in [3.8, 4) is 16.9 Å². The molecule has 4 rings (SSSR count). The van der Waals surface area contributed by atoms with E-state index >= 15 is 0 Å². The Kier molecular flexibility index (Phi) is 4.77. The summed E-state index contributed by atoms with van der Waals surface area (Å²) in [7, 11) is 0. The lowest BCUT2D eigenvalue weighted by atomic mass is 10.0. The quantitative estimate of drug-likeness (QED) is 0.457. The first-order chi connectivity index (χ1) is 13.2. The van der Waals surface area contributed by atoms with Gasteiger partial charge < -0.3 is 10.1 Å². The Morgan fingerprint density at radius 2 is 1.78 bits per heavy atom. The molecule has 2 aromatic carbocycles. The third kappa shape index (κ3) is 3.38. The van der Waals surface area contributed by atoms with Crippen molar-refractivity contribution in [3.05, 3.63) is 65.3 Å². The van der Waals surface area contributed by atoms with Gasteiger partial charge in [0.15, 0.2) is 0 Å². The normalized spacial score (nSPS) is 10.9. The van der Waals surface area contributed by atoms with E-state index in [0.717, 1.165) is 27.5 Å². The first-order valence-corrected chi connectivity index (χ1v) is 9.79. The van der Waals surface area contributed by atoms with Crippen molar-refractivity contribution in [2.75, 3.05) is 11.9 Å². The van der Waals surface area contributed by atoms with Gasteiger partial charge in [0, 0.05) is 10.4 Å². The molecule has 0 fully saturated rings. The number of rotatable bonds is 5. The van der Waals surface area contributed by atoms with Gasteiger partial charge in [0.2, 0.25) is 0 Å². The Morgan fingerprint density at radius 1 is 1.00 bits per heavy atom. The van der Waals surface area contributed by atoms with E-state index in [4.69, 9.17) is 4.74 Å². The first-order valence-electron chi connectivity index (χ1n) is 8.97. The van der Waals surface area contributed by atoms with Gasteiger partial charge in [-0.3, -0.25) is 0 Å². The molecule has 4 aromatic rings. The van der Waals surface area contributed by atoms with Crippen LogP contribution in [0.15, 0.2) is 54.9 Å². The second-order valence-electron chi connectivity index (χ2n) is 6.36. The van der Waals surface area contributed by atoms with E-state index in [1.165, 1.54) is 21.6 Å². The number of nitrogens with one attached hydrogen (secondary N) is 1. The van der Waals surface area contributed by atoms with Gasteiger partial charge in [-0.15, -0.1) is 11.3 Å². The molecule has 4 nitrogen and oxygen atoms in total. The number of anilines is 2. The molecule has 0 spiro atoms. The predicted molar refractivity (Wildman–Crippen MR) is 113 cm³/mol. The summed E-state index contributed by atoms with van der Waals surface area (Å²) in [6.07, 6.45) is 1.61. The van der Waals surface area contributed by atoms with E-state index in [-0.39, 0.29) is 0 Å². The van der Waals surface area contributed by atoms with Crippen molar-refractivity contribution in [1.82, 2.24) is 9.97 Å². The summed E-state index contributed by atoms with van der Waals surface area (Å²) >= 11 is 1.69. The summed E-state index contributed by atoms with van der Waals surface area (Å²) in [6.45, 7) is 6.84. The highest BCUT2D eigenvalue weighted by Crippen LogP contribution is 2.41. The van der Waals surface area contributed by atoms with Gasteiger partial charge in [-0.05, 0) is 38.5 Å². The van der Waals surface area contributed by atoms with Crippen LogP contribution in [0.4, 0.5) is 11.5 Å². The van der Waals surface area contributed by atoms with Crippen LogP contribution in [0.2, 0.25) is 0 Å². The predicted octanol–water partition coefficient (Wildman–Crippen LogP) is 6.12. The zero-order chi connectivity index (χ0) is 18.8. The van der Waals surface area contributed by atoms with E-state index < -0.39 is 0 Å². The number of nitrogens with zero attached hydrogens (tertiary/aromatic N) is 2. The zero-order valence-corrected chi connectivity index (χ0v) is 16.4. The summed E-state index contributed by atoms with van der Waals surface area (Å²) < 4.78 is 5.75. The van der Waals surface area contributed by atoms with Crippen LogP contribution in [0.3, 0.4) is 0 Å². The number of hydrogen-bond donors (Lipinski definition) is 1. The standard InChI is InChI=1S/C22H21N3OS/c1-4-26-18-8-6-5-7-17(18)25-21-20-19(16-11-9-14(2)10-12-16)15(3)27-22(20)24-13-23-21/h5-13H,4H2,1-3H3,(H,23,24,25). The average Bonchev–Trinajstić information content (AvgIpc) is 3.01. The van der Waals surface area contributed by atoms with E-state index in [9.17, 15) is 0 Å². The third-order valence-electron chi connectivity index (χ3n) is 4.44.